The van der Waals surface area contributed by atoms with Gasteiger partial charge in [-0.1, -0.05) is 30.7 Å². The third-order valence-corrected chi connectivity index (χ3v) is 2.89. The largest absolute Gasteiger partial charge is 0.456 e. The lowest BCUT2D eigenvalue weighted by Gasteiger charge is -2.09. The summed E-state index contributed by atoms with van der Waals surface area (Å²) in [6, 6.07) is 11.8. The SMILES string of the molecule is CCNCc1cc(F)cc(Oc2ccccc2Cl)c1. The van der Waals surface area contributed by atoms with Crippen LogP contribution in [0.5, 0.6) is 11.5 Å². The van der Waals surface area contributed by atoms with Crippen molar-refractivity contribution in [3.8, 4) is 11.5 Å². The van der Waals surface area contributed by atoms with Crippen molar-refractivity contribution in [3.05, 3.63) is 58.9 Å². The number of rotatable bonds is 5. The maximum absolute atomic E-state index is 13.5. The first-order valence-electron chi connectivity index (χ1n) is 6.11. The molecule has 0 aliphatic heterocycles. The summed E-state index contributed by atoms with van der Waals surface area (Å²) < 4.78 is 19.1. The zero-order valence-electron chi connectivity index (χ0n) is 10.6. The average molecular weight is 280 g/mol. The smallest absolute Gasteiger partial charge is 0.146 e. The van der Waals surface area contributed by atoms with Crippen LogP contribution in [0.1, 0.15) is 12.5 Å². The predicted molar refractivity (Wildman–Crippen MR) is 75.3 cm³/mol. The van der Waals surface area contributed by atoms with E-state index in [0.29, 0.717) is 23.1 Å². The molecule has 0 saturated heterocycles. The Balaban J connectivity index is 2.20. The van der Waals surface area contributed by atoms with Crippen LogP contribution in [-0.2, 0) is 6.54 Å². The number of nitrogens with one attached hydrogen (secondary N) is 1. The Labute approximate surface area is 117 Å². The van der Waals surface area contributed by atoms with Crippen molar-refractivity contribution in [3.63, 3.8) is 0 Å². The number of halogens is 2. The van der Waals surface area contributed by atoms with Gasteiger partial charge in [0.2, 0.25) is 0 Å². The van der Waals surface area contributed by atoms with Crippen molar-refractivity contribution in [2.24, 2.45) is 0 Å². The molecule has 100 valence electrons. The van der Waals surface area contributed by atoms with Gasteiger partial charge < -0.3 is 10.1 Å². The van der Waals surface area contributed by atoms with E-state index in [0.717, 1.165) is 12.1 Å². The molecule has 2 aromatic carbocycles. The molecule has 2 aromatic rings. The monoisotopic (exact) mass is 279 g/mol. The standard InChI is InChI=1S/C15H15ClFNO/c1-2-18-10-11-7-12(17)9-13(8-11)19-15-6-4-3-5-14(15)16/h3-9,18H,2,10H2,1H3. The van der Waals surface area contributed by atoms with Crippen molar-refractivity contribution in [1.82, 2.24) is 5.32 Å². The van der Waals surface area contributed by atoms with E-state index in [1.807, 2.05) is 19.1 Å². The van der Waals surface area contributed by atoms with Crippen molar-refractivity contribution in [2.75, 3.05) is 6.54 Å². The van der Waals surface area contributed by atoms with Crippen LogP contribution in [0, 0.1) is 5.82 Å². The molecule has 0 saturated carbocycles. The topological polar surface area (TPSA) is 21.3 Å². The van der Waals surface area contributed by atoms with E-state index in [4.69, 9.17) is 16.3 Å². The van der Waals surface area contributed by atoms with Gasteiger partial charge in [0, 0.05) is 12.6 Å². The Kier molecular flexibility index (Phi) is 4.77. The van der Waals surface area contributed by atoms with Gasteiger partial charge in [0.25, 0.3) is 0 Å². The first kappa shape index (κ1) is 13.8. The van der Waals surface area contributed by atoms with Crippen molar-refractivity contribution >= 4 is 11.6 Å². The second-order valence-corrected chi connectivity index (χ2v) is 4.52. The van der Waals surface area contributed by atoms with E-state index in [1.165, 1.54) is 12.1 Å². The summed E-state index contributed by atoms with van der Waals surface area (Å²) in [6.07, 6.45) is 0. The summed E-state index contributed by atoms with van der Waals surface area (Å²) in [7, 11) is 0. The minimum absolute atomic E-state index is 0.322. The number of hydrogen-bond donors (Lipinski definition) is 1. The highest BCUT2D eigenvalue weighted by molar-refractivity contribution is 6.32. The minimum Gasteiger partial charge on any atom is -0.456 e. The van der Waals surface area contributed by atoms with Gasteiger partial charge in [-0.05, 0) is 36.4 Å². The Hall–Kier alpha value is -1.58. The van der Waals surface area contributed by atoms with E-state index >= 15 is 0 Å². The number of benzene rings is 2. The summed E-state index contributed by atoms with van der Waals surface area (Å²) in [5.74, 6) is 0.641. The highest BCUT2D eigenvalue weighted by atomic mass is 35.5. The summed E-state index contributed by atoms with van der Waals surface area (Å²) in [6.45, 7) is 3.44. The van der Waals surface area contributed by atoms with Crippen LogP contribution >= 0.6 is 11.6 Å². The quantitative estimate of drug-likeness (QED) is 0.877. The molecule has 0 aliphatic carbocycles. The molecule has 0 bridgehead atoms. The first-order chi connectivity index (χ1) is 9.19. The molecule has 0 heterocycles. The fourth-order valence-electron chi connectivity index (χ4n) is 1.71. The lowest BCUT2D eigenvalue weighted by Crippen LogP contribution is -2.11. The van der Waals surface area contributed by atoms with Gasteiger partial charge in [0.1, 0.15) is 17.3 Å². The molecule has 1 N–H and O–H groups in total. The molecule has 0 fully saturated rings. The van der Waals surface area contributed by atoms with Gasteiger partial charge in [-0.2, -0.15) is 0 Å². The van der Waals surface area contributed by atoms with Crippen LogP contribution in [-0.4, -0.2) is 6.54 Å². The Morgan fingerprint density at radius 3 is 2.74 bits per heavy atom. The molecular formula is C15H15ClFNO. The Morgan fingerprint density at radius 1 is 1.21 bits per heavy atom. The fraction of sp³-hybridized carbons (Fsp3) is 0.200. The average Bonchev–Trinajstić information content (AvgIpc) is 2.38. The molecule has 0 aliphatic rings. The summed E-state index contributed by atoms with van der Waals surface area (Å²) in [4.78, 5) is 0. The highest BCUT2D eigenvalue weighted by Crippen LogP contribution is 2.29. The van der Waals surface area contributed by atoms with Gasteiger partial charge >= 0.3 is 0 Å². The molecule has 2 rings (SSSR count). The van der Waals surface area contributed by atoms with E-state index in [1.54, 1.807) is 18.2 Å². The van der Waals surface area contributed by atoms with Crippen molar-refractivity contribution < 1.29 is 9.13 Å². The zero-order chi connectivity index (χ0) is 13.7. The third kappa shape index (κ3) is 3.94. The zero-order valence-corrected chi connectivity index (χ0v) is 11.4. The van der Waals surface area contributed by atoms with E-state index in [-0.39, 0.29) is 5.82 Å². The fourth-order valence-corrected chi connectivity index (χ4v) is 1.88. The molecule has 0 spiro atoms. The molecule has 2 nitrogen and oxygen atoms in total. The summed E-state index contributed by atoms with van der Waals surface area (Å²) in [5, 5.41) is 3.65. The predicted octanol–water partition coefficient (Wildman–Crippen LogP) is 4.38. The van der Waals surface area contributed by atoms with Gasteiger partial charge in [0.15, 0.2) is 0 Å². The number of hydrogen-bond acceptors (Lipinski definition) is 2. The summed E-state index contributed by atoms with van der Waals surface area (Å²) in [5.41, 5.74) is 0.837. The lowest BCUT2D eigenvalue weighted by atomic mass is 10.2. The first-order valence-corrected chi connectivity index (χ1v) is 6.49. The van der Waals surface area contributed by atoms with Gasteiger partial charge in [-0.25, -0.2) is 4.39 Å². The van der Waals surface area contributed by atoms with Crippen LogP contribution in [0.2, 0.25) is 5.02 Å². The molecule has 19 heavy (non-hydrogen) atoms. The molecular weight excluding hydrogens is 265 g/mol. The highest BCUT2D eigenvalue weighted by Gasteiger charge is 2.05. The number of para-hydroxylation sites is 1. The molecule has 0 unspecified atom stereocenters. The third-order valence-electron chi connectivity index (χ3n) is 2.57. The van der Waals surface area contributed by atoms with Gasteiger partial charge in [0.05, 0.1) is 5.02 Å². The van der Waals surface area contributed by atoms with Gasteiger partial charge in [-0.15, -0.1) is 0 Å². The second-order valence-electron chi connectivity index (χ2n) is 4.11. The van der Waals surface area contributed by atoms with E-state index < -0.39 is 0 Å². The molecule has 0 aromatic heterocycles. The summed E-state index contributed by atoms with van der Waals surface area (Å²) >= 11 is 6.01. The Morgan fingerprint density at radius 2 is 2.00 bits per heavy atom. The van der Waals surface area contributed by atoms with Crippen LogP contribution in [0.4, 0.5) is 4.39 Å². The van der Waals surface area contributed by atoms with Crippen LogP contribution in [0.15, 0.2) is 42.5 Å². The molecule has 0 amide bonds. The Bertz CT molecular complexity index is 560. The minimum atomic E-state index is -0.322. The molecule has 0 atom stereocenters. The normalized spacial score (nSPS) is 10.5. The number of ether oxygens (including phenoxy) is 1. The van der Waals surface area contributed by atoms with Crippen LogP contribution in [0.25, 0.3) is 0 Å². The second kappa shape index (κ2) is 6.55. The van der Waals surface area contributed by atoms with Gasteiger partial charge in [-0.3, -0.25) is 0 Å². The molecule has 4 heteroatoms. The lowest BCUT2D eigenvalue weighted by molar-refractivity contribution is 0.475. The van der Waals surface area contributed by atoms with Crippen LogP contribution < -0.4 is 10.1 Å². The van der Waals surface area contributed by atoms with E-state index in [9.17, 15) is 4.39 Å². The van der Waals surface area contributed by atoms with Crippen molar-refractivity contribution in [1.29, 1.82) is 0 Å². The van der Waals surface area contributed by atoms with E-state index in [2.05, 4.69) is 5.32 Å². The maximum atomic E-state index is 13.5. The molecule has 0 radical (unpaired) electrons. The van der Waals surface area contributed by atoms with Crippen LogP contribution in [0.3, 0.4) is 0 Å². The maximum Gasteiger partial charge on any atom is 0.146 e. The van der Waals surface area contributed by atoms with Crippen molar-refractivity contribution in [2.45, 2.75) is 13.5 Å².